The van der Waals surface area contributed by atoms with Crippen LogP contribution in [0.3, 0.4) is 0 Å². The highest BCUT2D eigenvalue weighted by atomic mass is 19.4. The summed E-state index contributed by atoms with van der Waals surface area (Å²) in [6, 6.07) is 13.0. The Balaban J connectivity index is 2.03. The molecule has 0 aliphatic rings. The molecule has 2 aromatic carbocycles. The molecule has 1 heterocycles. The van der Waals surface area contributed by atoms with Gasteiger partial charge in [-0.25, -0.2) is 9.67 Å². The second-order valence-corrected chi connectivity index (χ2v) is 4.83. The van der Waals surface area contributed by atoms with Gasteiger partial charge in [0.2, 0.25) is 0 Å². The summed E-state index contributed by atoms with van der Waals surface area (Å²) in [5, 5.41) is 4.19. The molecule has 0 saturated heterocycles. The fourth-order valence-electron chi connectivity index (χ4n) is 2.20. The maximum Gasteiger partial charge on any atom is 0.573 e. The van der Waals surface area contributed by atoms with E-state index in [9.17, 15) is 13.2 Å². The van der Waals surface area contributed by atoms with Crippen molar-refractivity contribution in [2.45, 2.75) is 13.3 Å². The van der Waals surface area contributed by atoms with Gasteiger partial charge in [0.25, 0.3) is 0 Å². The monoisotopic (exact) mass is 319 g/mol. The summed E-state index contributed by atoms with van der Waals surface area (Å²) < 4.78 is 43.3. The van der Waals surface area contributed by atoms with Crippen LogP contribution in [-0.4, -0.2) is 21.1 Å². The van der Waals surface area contributed by atoms with Crippen LogP contribution < -0.4 is 4.74 Å². The number of hydrogen-bond acceptors (Lipinski definition) is 3. The molecule has 118 valence electrons. The molecule has 0 N–H and O–H groups in total. The second-order valence-electron chi connectivity index (χ2n) is 4.83. The molecule has 0 atom stereocenters. The summed E-state index contributed by atoms with van der Waals surface area (Å²) in [6.07, 6.45) is -3.19. The smallest absolute Gasteiger partial charge is 0.405 e. The summed E-state index contributed by atoms with van der Waals surface area (Å²) in [5.41, 5.74) is 1.64. The summed E-state index contributed by atoms with van der Waals surface area (Å²) in [7, 11) is 0. The van der Waals surface area contributed by atoms with Gasteiger partial charge < -0.3 is 4.74 Å². The van der Waals surface area contributed by atoms with E-state index in [0.29, 0.717) is 22.6 Å². The molecule has 23 heavy (non-hydrogen) atoms. The van der Waals surface area contributed by atoms with Gasteiger partial charge in [-0.1, -0.05) is 30.3 Å². The zero-order valence-corrected chi connectivity index (χ0v) is 12.1. The van der Waals surface area contributed by atoms with E-state index in [2.05, 4.69) is 14.8 Å². The Bertz CT molecular complexity index is 827. The van der Waals surface area contributed by atoms with Gasteiger partial charge in [0.1, 0.15) is 17.9 Å². The molecular formula is C16H12F3N3O. The lowest BCUT2D eigenvalue weighted by molar-refractivity contribution is -0.274. The molecule has 0 bridgehead atoms. The number of aromatic nitrogens is 3. The van der Waals surface area contributed by atoms with Crippen molar-refractivity contribution < 1.29 is 17.9 Å². The van der Waals surface area contributed by atoms with Gasteiger partial charge in [-0.15, -0.1) is 13.2 Å². The highest BCUT2D eigenvalue weighted by molar-refractivity contribution is 5.72. The Morgan fingerprint density at radius 3 is 2.52 bits per heavy atom. The number of benzene rings is 2. The first kappa shape index (κ1) is 15.1. The minimum Gasteiger partial charge on any atom is -0.405 e. The fraction of sp³-hybridized carbons (Fsp3) is 0.125. The lowest BCUT2D eigenvalue weighted by Gasteiger charge is -2.13. The first-order valence-electron chi connectivity index (χ1n) is 6.76. The number of nitrogens with zero attached hydrogens (tertiary/aromatic N) is 3. The molecule has 1 aromatic heterocycles. The average Bonchev–Trinajstić information content (AvgIpc) is 2.93. The quantitative estimate of drug-likeness (QED) is 0.728. The van der Waals surface area contributed by atoms with Crippen molar-refractivity contribution in [2.75, 3.05) is 0 Å². The Hall–Kier alpha value is -2.83. The Labute approximate surface area is 130 Å². The molecule has 0 amide bonds. The SMILES string of the molecule is Cc1ncn(-c2cccc(-c3ccccc3OC(F)(F)F)c2)n1. The molecular weight excluding hydrogens is 307 g/mol. The molecule has 0 spiro atoms. The molecule has 0 aliphatic heterocycles. The summed E-state index contributed by atoms with van der Waals surface area (Å²) >= 11 is 0. The van der Waals surface area contributed by atoms with Crippen LogP contribution in [0.1, 0.15) is 5.82 Å². The molecule has 0 unspecified atom stereocenters. The number of aryl methyl sites for hydroxylation is 1. The second kappa shape index (κ2) is 5.75. The molecule has 3 rings (SSSR count). The van der Waals surface area contributed by atoms with E-state index >= 15 is 0 Å². The van der Waals surface area contributed by atoms with Crippen LogP contribution in [0.4, 0.5) is 13.2 Å². The van der Waals surface area contributed by atoms with E-state index in [-0.39, 0.29) is 5.75 Å². The van der Waals surface area contributed by atoms with Gasteiger partial charge in [0.15, 0.2) is 0 Å². The van der Waals surface area contributed by atoms with Crippen molar-refractivity contribution in [3.05, 3.63) is 60.7 Å². The lowest BCUT2D eigenvalue weighted by Crippen LogP contribution is -2.17. The number of hydrogen-bond donors (Lipinski definition) is 0. The molecule has 0 aliphatic carbocycles. The Morgan fingerprint density at radius 1 is 1.04 bits per heavy atom. The summed E-state index contributed by atoms with van der Waals surface area (Å²) in [6.45, 7) is 1.76. The number of rotatable bonds is 3. The first-order valence-corrected chi connectivity index (χ1v) is 6.76. The fourth-order valence-corrected chi connectivity index (χ4v) is 2.20. The van der Waals surface area contributed by atoms with Crippen LogP contribution in [0.15, 0.2) is 54.9 Å². The van der Waals surface area contributed by atoms with Gasteiger partial charge in [0.05, 0.1) is 5.69 Å². The van der Waals surface area contributed by atoms with Gasteiger partial charge in [-0.3, -0.25) is 0 Å². The van der Waals surface area contributed by atoms with E-state index in [1.807, 2.05) is 0 Å². The van der Waals surface area contributed by atoms with Gasteiger partial charge in [-0.2, -0.15) is 5.10 Å². The number of alkyl halides is 3. The highest BCUT2D eigenvalue weighted by Crippen LogP contribution is 2.34. The highest BCUT2D eigenvalue weighted by Gasteiger charge is 2.32. The van der Waals surface area contributed by atoms with E-state index < -0.39 is 6.36 Å². The zero-order chi connectivity index (χ0) is 16.4. The van der Waals surface area contributed by atoms with Crippen LogP contribution in [0.5, 0.6) is 5.75 Å². The predicted molar refractivity (Wildman–Crippen MR) is 78.2 cm³/mol. The van der Waals surface area contributed by atoms with E-state index in [1.165, 1.54) is 12.1 Å². The van der Waals surface area contributed by atoms with Crippen molar-refractivity contribution in [3.63, 3.8) is 0 Å². The summed E-state index contributed by atoms with van der Waals surface area (Å²) in [5.74, 6) is 0.364. The summed E-state index contributed by atoms with van der Waals surface area (Å²) in [4.78, 5) is 4.04. The average molecular weight is 319 g/mol. The van der Waals surface area contributed by atoms with Gasteiger partial charge in [0, 0.05) is 5.56 Å². The minimum absolute atomic E-state index is 0.244. The number of halogens is 3. The van der Waals surface area contributed by atoms with Crippen molar-refractivity contribution in [1.29, 1.82) is 0 Å². The maximum atomic E-state index is 12.5. The number of para-hydroxylation sites is 1. The normalized spacial score (nSPS) is 11.5. The zero-order valence-electron chi connectivity index (χ0n) is 12.1. The molecule has 0 fully saturated rings. The first-order chi connectivity index (χ1) is 10.9. The Morgan fingerprint density at radius 2 is 1.83 bits per heavy atom. The molecule has 0 saturated carbocycles. The van der Waals surface area contributed by atoms with Gasteiger partial charge >= 0.3 is 6.36 Å². The van der Waals surface area contributed by atoms with Crippen LogP contribution in [0.25, 0.3) is 16.8 Å². The molecule has 7 heteroatoms. The van der Waals surface area contributed by atoms with Crippen molar-refractivity contribution in [1.82, 2.24) is 14.8 Å². The Kier molecular flexibility index (Phi) is 3.77. The predicted octanol–water partition coefficient (Wildman–Crippen LogP) is 4.14. The molecule has 0 radical (unpaired) electrons. The third-order valence-corrected chi connectivity index (χ3v) is 3.14. The number of ether oxygens (including phenoxy) is 1. The van der Waals surface area contributed by atoms with Gasteiger partial charge in [-0.05, 0) is 30.7 Å². The van der Waals surface area contributed by atoms with E-state index in [0.717, 1.165) is 0 Å². The van der Waals surface area contributed by atoms with Crippen molar-refractivity contribution >= 4 is 0 Å². The van der Waals surface area contributed by atoms with Crippen LogP contribution in [-0.2, 0) is 0 Å². The maximum absolute atomic E-state index is 12.5. The van der Waals surface area contributed by atoms with Crippen LogP contribution in [0, 0.1) is 6.92 Å². The lowest BCUT2D eigenvalue weighted by atomic mass is 10.0. The third-order valence-electron chi connectivity index (χ3n) is 3.14. The van der Waals surface area contributed by atoms with Crippen molar-refractivity contribution in [2.24, 2.45) is 0 Å². The van der Waals surface area contributed by atoms with Crippen molar-refractivity contribution in [3.8, 4) is 22.6 Å². The van der Waals surface area contributed by atoms with E-state index in [4.69, 9.17) is 0 Å². The molecule has 3 aromatic rings. The topological polar surface area (TPSA) is 39.9 Å². The van der Waals surface area contributed by atoms with Crippen LogP contribution >= 0.6 is 0 Å². The standard InChI is InChI=1S/C16H12F3N3O/c1-11-20-10-22(21-11)13-6-4-5-12(9-13)14-7-2-3-8-15(14)23-16(17,18)19/h2-10H,1H3. The largest absolute Gasteiger partial charge is 0.573 e. The van der Waals surface area contributed by atoms with E-state index in [1.54, 1.807) is 54.3 Å². The third kappa shape index (κ3) is 3.50. The molecule has 4 nitrogen and oxygen atoms in total. The minimum atomic E-state index is -4.74. The van der Waals surface area contributed by atoms with Crippen LogP contribution in [0.2, 0.25) is 0 Å².